The normalized spacial score (nSPS) is 15.5. The van der Waals surface area contributed by atoms with Crippen LogP contribution in [0.2, 0.25) is 0 Å². The minimum absolute atomic E-state index is 0.256. The van der Waals surface area contributed by atoms with Crippen LogP contribution >= 0.6 is 22.7 Å². The number of nitrogens with zero attached hydrogens (tertiary/aromatic N) is 3. The van der Waals surface area contributed by atoms with E-state index in [9.17, 15) is 4.79 Å². The highest BCUT2D eigenvalue weighted by atomic mass is 32.1. The number of aromatic nitrogens is 1. The van der Waals surface area contributed by atoms with Gasteiger partial charge in [-0.1, -0.05) is 18.3 Å². The molecule has 6 nitrogen and oxygen atoms in total. The summed E-state index contributed by atoms with van der Waals surface area (Å²) in [6, 6.07) is 2.01. The molecule has 0 spiro atoms. The molecule has 25 heavy (non-hydrogen) atoms. The van der Waals surface area contributed by atoms with Gasteiger partial charge in [0.15, 0.2) is 10.8 Å². The molecule has 3 heterocycles. The van der Waals surface area contributed by atoms with E-state index in [0.29, 0.717) is 11.8 Å². The molecule has 0 fully saturated rings. The molecule has 0 aliphatic carbocycles. The molecule has 0 atom stereocenters. The third-order valence-corrected chi connectivity index (χ3v) is 6.15. The van der Waals surface area contributed by atoms with Crippen LogP contribution in [0, 0.1) is 6.92 Å². The van der Waals surface area contributed by atoms with Crippen molar-refractivity contribution in [3.05, 3.63) is 32.0 Å². The van der Waals surface area contributed by atoms with Crippen molar-refractivity contribution in [3.8, 4) is 5.88 Å². The number of carbonyl (C=O) groups is 1. The summed E-state index contributed by atoms with van der Waals surface area (Å²) < 4.78 is 10.7. The number of hydrogen-bond donors (Lipinski definition) is 0. The Kier molecular flexibility index (Phi) is 4.91. The average Bonchev–Trinajstić information content (AvgIpc) is 3.25. The lowest BCUT2D eigenvalue weighted by Crippen LogP contribution is -2.07. The predicted molar refractivity (Wildman–Crippen MR) is 102 cm³/mol. The van der Waals surface area contributed by atoms with E-state index in [4.69, 9.17) is 9.47 Å². The van der Waals surface area contributed by atoms with Crippen molar-refractivity contribution in [3.63, 3.8) is 0 Å². The summed E-state index contributed by atoms with van der Waals surface area (Å²) in [5.41, 5.74) is 1.45. The Morgan fingerprint density at radius 3 is 2.72 bits per heavy atom. The van der Waals surface area contributed by atoms with Gasteiger partial charge in [0.2, 0.25) is 11.8 Å². The molecular weight excluding hydrogens is 358 g/mol. The van der Waals surface area contributed by atoms with Crippen LogP contribution in [0.15, 0.2) is 16.8 Å². The molecule has 0 bridgehead atoms. The molecular formula is C17H19N3O3S2. The van der Waals surface area contributed by atoms with E-state index in [1.54, 1.807) is 24.5 Å². The fourth-order valence-electron chi connectivity index (χ4n) is 2.35. The second kappa shape index (κ2) is 6.97. The van der Waals surface area contributed by atoms with Crippen LogP contribution in [-0.4, -0.2) is 38.1 Å². The molecule has 0 saturated heterocycles. The Bertz CT molecular complexity index is 878. The van der Waals surface area contributed by atoms with Crippen LogP contribution in [0.3, 0.4) is 0 Å². The number of rotatable bonds is 5. The Hall–Kier alpha value is -2.19. The van der Waals surface area contributed by atoms with Crippen molar-refractivity contribution in [2.45, 2.75) is 20.3 Å². The average molecular weight is 377 g/mol. The van der Waals surface area contributed by atoms with Gasteiger partial charge in [0.05, 0.1) is 16.9 Å². The maximum Gasteiger partial charge on any atom is 0.363 e. The molecule has 2 aromatic rings. The maximum atomic E-state index is 12.2. The minimum atomic E-state index is -0.457. The first-order valence-electron chi connectivity index (χ1n) is 7.77. The van der Waals surface area contributed by atoms with Crippen molar-refractivity contribution in [2.24, 2.45) is 4.99 Å². The van der Waals surface area contributed by atoms with Gasteiger partial charge in [-0.3, -0.25) is 0 Å². The Labute approximate surface area is 154 Å². The number of cyclic esters (lactones) is 1. The number of aliphatic imine (C=N–C) groups is 1. The summed E-state index contributed by atoms with van der Waals surface area (Å²) in [4.78, 5) is 25.7. The Balaban J connectivity index is 1.95. The Morgan fingerprint density at radius 2 is 2.12 bits per heavy atom. The van der Waals surface area contributed by atoms with E-state index < -0.39 is 5.97 Å². The zero-order chi connectivity index (χ0) is 18.1. The van der Waals surface area contributed by atoms with Crippen molar-refractivity contribution in [1.29, 1.82) is 0 Å². The molecule has 0 unspecified atom stereocenters. The fraction of sp³-hybridized carbons (Fsp3) is 0.353. The van der Waals surface area contributed by atoms with Crippen molar-refractivity contribution in [2.75, 3.05) is 26.1 Å². The number of ether oxygens (including phenoxy) is 2. The van der Waals surface area contributed by atoms with Gasteiger partial charge in [-0.15, -0.1) is 11.3 Å². The summed E-state index contributed by atoms with van der Waals surface area (Å²) in [6.07, 6.45) is 2.62. The van der Waals surface area contributed by atoms with Gasteiger partial charge in [-0.05, 0) is 31.1 Å². The van der Waals surface area contributed by atoms with Gasteiger partial charge in [-0.2, -0.15) is 4.98 Å². The summed E-state index contributed by atoms with van der Waals surface area (Å²) in [5.74, 6) is 0.374. The predicted octanol–water partition coefficient (Wildman–Crippen LogP) is 3.49. The summed E-state index contributed by atoms with van der Waals surface area (Å²) in [6.45, 7) is 4.16. The monoisotopic (exact) mass is 377 g/mol. The van der Waals surface area contributed by atoms with E-state index >= 15 is 0 Å². The number of hydrogen-bond acceptors (Lipinski definition) is 8. The summed E-state index contributed by atoms with van der Waals surface area (Å²) >= 11 is 3.03. The Morgan fingerprint density at radius 1 is 1.36 bits per heavy atom. The number of aryl methyl sites for hydroxylation is 2. The molecule has 132 valence electrons. The lowest BCUT2D eigenvalue weighted by atomic mass is 10.2. The summed E-state index contributed by atoms with van der Waals surface area (Å²) in [5, 5.41) is 0.792. The van der Waals surface area contributed by atoms with Crippen LogP contribution in [0.5, 0.6) is 5.88 Å². The molecule has 8 heteroatoms. The quantitative estimate of drug-likeness (QED) is 0.589. The van der Waals surface area contributed by atoms with E-state index in [1.807, 2.05) is 25.1 Å². The van der Waals surface area contributed by atoms with Gasteiger partial charge in [-0.25, -0.2) is 9.79 Å². The highest BCUT2D eigenvalue weighted by Crippen LogP contribution is 2.34. The van der Waals surface area contributed by atoms with Crippen molar-refractivity contribution in [1.82, 2.24) is 4.98 Å². The van der Waals surface area contributed by atoms with Crippen LogP contribution in [0.1, 0.15) is 27.1 Å². The van der Waals surface area contributed by atoms with Gasteiger partial charge in [0.25, 0.3) is 0 Å². The molecule has 1 aliphatic rings. The number of methoxy groups -OCH3 is 1. The first-order valence-corrected chi connectivity index (χ1v) is 9.40. The number of thiophene rings is 1. The fourth-order valence-corrected chi connectivity index (χ4v) is 4.29. The number of carbonyl (C=O) groups excluding carboxylic acids is 1. The summed E-state index contributed by atoms with van der Waals surface area (Å²) in [7, 11) is 5.36. The van der Waals surface area contributed by atoms with E-state index in [2.05, 4.69) is 23.8 Å². The topological polar surface area (TPSA) is 64.0 Å². The van der Waals surface area contributed by atoms with E-state index in [0.717, 1.165) is 21.3 Å². The number of anilines is 1. The molecule has 2 aromatic heterocycles. The van der Waals surface area contributed by atoms with E-state index in [1.165, 1.54) is 21.8 Å². The standard InChI is InChI=1S/C17H19N3O3S2/c1-6-11-9(2)7-12(24-11)15-18-10(16(21)23-15)8-13-14(22-5)19-17(25-13)20(3)4/h7-8H,6H2,1-5H3/b10-8-. The van der Waals surface area contributed by atoms with Gasteiger partial charge in [0.1, 0.15) is 0 Å². The maximum absolute atomic E-state index is 12.2. The molecule has 0 amide bonds. The molecule has 3 rings (SSSR count). The highest BCUT2D eigenvalue weighted by molar-refractivity contribution is 7.16. The SMILES string of the molecule is CCc1sc(C2=N/C(=C\c3sc(N(C)C)nc3OC)C(=O)O2)cc1C. The van der Waals surface area contributed by atoms with Crippen molar-refractivity contribution < 1.29 is 14.3 Å². The highest BCUT2D eigenvalue weighted by Gasteiger charge is 2.27. The third kappa shape index (κ3) is 3.45. The lowest BCUT2D eigenvalue weighted by Gasteiger charge is -2.04. The minimum Gasteiger partial charge on any atom is -0.480 e. The molecule has 0 aromatic carbocycles. The number of thiazole rings is 1. The molecule has 1 aliphatic heterocycles. The molecule has 0 radical (unpaired) electrons. The van der Waals surface area contributed by atoms with Crippen LogP contribution in [0.25, 0.3) is 6.08 Å². The number of esters is 1. The van der Waals surface area contributed by atoms with Crippen LogP contribution < -0.4 is 9.64 Å². The first kappa shape index (κ1) is 17.6. The van der Waals surface area contributed by atoms with Gasteiger partial charge >= 0.3 is 5.97 Å². The first-order chi connectivity index (χ1) is 11.9. The van der Waals surface area contributed by atoms with E-state index in [-0.39, 0.29) is 5.70 Å². The molecule has 0 N–H and O–H groups in total. The van der Waals surface area contributed by atoms with Gasteiger partial charge in [0, 0.05) is 19.0 Å². The van der Waals surface area contributed by atoms with Crippen molar-refractivity contribution >= 4 is 45.7 Å². The van der Waals surface area contributed by atoms with Crippen LogP contribution in [-0.2, 0) is 16.0 Å². The van der Waals surface area contributed by atoms with Crippen LogP contribution in [0.4, 0.5) is 5.13 Å². The lowest BCUT2D eigenvalue weighted by molar-refractivity contribution is -0.129. The second-order valence-electron chi connectivity index (χ2n) is 5.67. The van der Waals surface area contributed by atoms with Gasteiger partial charge < -0.3 is 14.4 Å². The molecule has 0 saturated carbocycles. The second-order valence-corrected chi connectivity index (χ2v) is 7.82. The largest absolute Gasteiger partial charge is 0.480 e. The zero-order valence-corrected chi connectivity index (χ0v) is 16.4. The third-order valence-electron chi connectivity index (χ3n) is 3.63. The smallest absolute Gasteiger partial charge is 0.363 e. The zero-order valence-electron chi connectivity index (χ0n) is 14.7.